The van der Waals surface area contributed by atoms with Crippen molar-refractivity contribution in [2.45, 2.75) is 6.10 Å². The molecule has 0 saturated carbocycles. The first kappa shape index (κ1) is 15.9. The maximum absolute atomic E-state index is 11.8. The van der Waals surface area contributed by atoms with Crippen molar-refractivity contribution in [1.82, 2.24) is 5.32 Å². The molecule has 116 valence electrons. The van der Waals surface area contributed by atoms with Crippen molar-refractivity contribution in [2.24, 2.45) is 0 Å². The normalized spacial score (nSPS) is 12.3. The zero-order valence-corrected chi connectivity index (χ0v) is 12.6. The van der Waals surface area contributed by atoms with Crippen molar-refractivity contribution >= 4 is 12.0 Å². The van der Waals surface area contributed by atoms with Gasteiger partial charge in [0, 0.05) is 19.7 Å². The molecule has 0 fully saturated rings. The summed E-state index contributed by atoms with van der Waals surface area (Å²) >= 11 is 0. The zero-order chi connectivity index (χ0) is 15.8. The Morgan fingerprint density at radius 2 is 2.18 bits per heavy atom. The molecule has 0 radical (unpaired) electrons. The molecule has 0 spiro atoms. The second kappa shape index (κ2) is 8.05. The number of nitrogens with one attached hydrogen (secondary N) is 1. The summed E-state index contributed by atoms with van der Waals surface area (Å²) in [7, 11) is 3.22. The lowest BCUT2D eigenvalue weighted by Gasteiger charge is -2.16. The number of methoxy groups -OCH3 is 2. The highest BCUT2D eigenvalue weighted by Gasteiger charge is 2.12. The molecule has 0 saturated heterocycles. The summed E-state index contributed by atoms with van der Waals surface area (Å²) in [5.41, 5.74) is 0.942. The Labute approximate surface area is 129 Å². The van der Waals surface area contributed by atoms with E-state index in [2.05, 4.69) is 5.32 Å². The lowest BCUT2D eigenvalue weighted by molar-refractivity contribution is -0.117. The molecule has 0 aliphatic heterocycles. The van der Waals surface area contributed by atoms with E-state index >= 15 is 0 Å². The van der Waals surface area contributed by atoms with Crippen LogP contribution in [0.25, 0.3) is 6.08 Å². The van der Waals surface area contributed by atoms with E-state index in [4.69, 9.17) is 13.9 Å². The Bertz CT molecular complexity index is 619. The first-order valence-corrected chi connectivity index (χ1v) is 6.89. The third-order valence-corrected chi connectivity index (χ3v) is 3.15. The molecule has 1 amide bonds. The first-order chi connectivity index (χ1) is 10.7. The van der Waals surface area contributed by atoms with Crippen LogP contribution in [0.3, 0.4) is 0 Å². The molecule has 0 unspecified atom stereocenters. The minimum Gasteiger partial charge on any atom is -0.497 e. The average molecular weight is 301 g/mol. The van der Waals surface area contributed by atoms with Crippen LogP contribution in [0.5, 0.6) is 5.75 Å². The van der Waals surface area contributed by atoms with Crippen LogP contribution in [0.2, 0.25) is 0 Å². The van der Waals surface area contributed by atoms with Gasteiger partial charge in [-0.25, -0.2) is 0 Å². The van der Waals surface area contributed by atoms with Crippen molar-refractivity contribution in [1.29, 1.82) is 0 Å². The van der Waals surface area contributed by atoms with Gasteiger partial charge < -0.3 is 19.2 Å². The van der Waals surface area contributed by atoms with Gasteiger partial charge in [0.15, 0.2) is 0 Å². The van der Waals surface area contributed by atoms with Crippen molar-refractivity contribution in [3.63, 3.8) is 0 Å². The molecule has 5 heteroatoms. The topological polar surface area (TPSA) is 60.7 Å². The van der Waals surface area contributed by atoms with Crippen LogP contribution >= 0.6 is 0 Å². The zero-order valence-electron chi connectivity index (χ0n) is 12.6. The van der Waals surface area contributed by atoms with Crippen LogP contribution in [-0.4, -0.2) is 26.7 Å². The van der Waals surface area contributed by atoms with Gasteiger partial charge in [-0.1, -0.05) is 12.1 Å². The lowest BCUT2D eigenvalue weighted by Crippen LogP contribution is -2.27. The molecule has 0 bridgehead atoms. The standard InChI is InChI=1S/C17H19NO4/c1-20-15-6-3-5-13(11-15)16(21-2)12-18-17(19)9-8-14-7-4-10-22-14/h3-11,16H,12H2,1-2H3,(H,18,19)/b9-8+/t16-/m1/s1. The number of ether oxygens (including phenoxy) is 2. The van der Waals surface area contributed by atoms with E-state index < -0.39 is 0 Å². The van der Waals surface area contributed by atoms with Gasteiger partial charge in [0.2, 0.25) is 5.91 Å². The average Bonchev–Trinajstić information content (AvgIpc) is 3.07. The van der Waals surface area contributed by atoms with E-state index in [1.165, 1.54) is 6.08 Å². The van der Waals surface area contributed by atoms with Gasteiger partial charge >= 0.3 is 0 Å². The summed E-state index contributed by atoms with van der Waals surface area (Å²) in [6, 6.07) is 11.1. The Hall–Kier alpha value is -2.53. The van der Waals surface area contributed by atoms with E-state index in [1.54, 1.807) is 38.7 Å². The predicted molar refractivity (Wildman–Crippen MR) is 83.5 cm³/mol. The highest BCUT2D eigenvalue weighted by atomic mass is 16.5. The Balaban J connectivity index is 1.91. The number of amides is 1. The molecule has 22 heavy (non-hydrogen) atoms. The summed E-state index contributed by atoms with van der Waals surface area (Å²) in [5.74, 6) is 1.18. The molecular weight excluding hydrogens is 282 g/mol. The molecule has 1 aromatic heterocycles. The van der Waals surface area contributed by atoms with E-state index in [0.29, 0.717) is 12.3 Å². The van der Waals surface area contributed by atoms with Gasteiger partial charge in [-0.2, -0.15) is 0 Å². The number of hydrogen-bond acceptors (Lipinski definition) is 4. The van der Waals surface area contributed by atoms with Crippen molar-refractivity contribution in [3.8, 4) is 5.75 Å². The Morgan fingerprint density at radius 3 is 2.86 bits per heavy atom. The Morgan fingerprint density at radius 1 is 1.32 bits per heavy atom. The van der Waals surface area contributed by atoms with Gasteiger partial charge in [0.1, 0.15) is 11.5 Å². The van der Waals surface area contributed by atoms with Crippen LogP contribution in [-0.2, 0) is 9.53 Å². The molecule has 5 nitrogen and oxygen atoms in total. The fourth-order valence-corrected chi connectivity index (χ4v) is 1.98. The highest BCUT2D eigenvalue weighted by molar-refractivity contribution is 5.91. The first-order valence-electron chi connectivity index (χ1n) is 6.89. The van der Waals surface area contributed by atoms with Gasteiger partial charge in [-0.05, 0) is 35.9 Å². The maximum atomic E-state index is 11.8. The van der Waals surface area contributed by atoms with Crippen LogP contribution in [0.15, 0.2) is 53.2 Å². The van der Waals surface area contributed by atoms with Crippen LogP contribution < -0.4 is 10.1 Å². The number of carbonyl (C=O) groups is 1. The number of carbonyl (C=O) groups excluding carboxylic acids is 1. The number of rotatable bonds is 7. The lowest BCUT2D eigenvalue weighted by atomic mass is 10.1. The number of furan rings is 1. The predicted octanol–water partition coefficient (Wildman–Crippen LogP) is 2.81. The largest absolute Gasteiger partial charge is 0.497 e. The number of hydrogen-bond donors (Lipinski definition) is 1. The molecule has 0 aliphatic rings. The maximum Gasteiger partial charge on any atom is 0.244 e. The smallest absolute Gasteiger partial charge is 0.244 e. The Kier molecular flexibility index (Phi) is 5.80. The van der Waals surface area contributed by atoms with Crippen LogP contribution in [0, 0.1) is 0 Å². The summed E-state index contributed by atoms with van der Waals surface area (Å²) in [6.07, 6.45) is 4.36. The third kappa shape index (κ3) is 4.49. The van der Waals surface area contributed by atoms with Gasteiger partial charge in [0.05, 0.1) is 19.5 Å². The van der Waals surface area contributed by atoms with E-state index in [-0.39, 0.29) is 12.0 Å². The van der Waals surface area contributed by atoms with E-state index in [1.807, 2.05) is 24.3 Å². The van der Waals surface area contributed by atoms with Crippen molar-refractivity contribution in [2.75, 3.05) is 20.8 Å². The summed E-state index contributed by atoms with van der Waals surface area (Å²) in [4.78, 5) is 11.8. The minimum absolute atomic E-state index is 0.207. The molecule has 2 aromatic rings. The summed E-state index contributed by atoms with van der Waals surface area (Å²) in [5, 5.41) is 2.80. The quantitative estimate of drug-likeness (QED) is 0.799. The van der Waals surface area contributed by atoms with Gasteiger partial charge in [0.25, 0.3) is 0 Å². The van der Waals surface area contributed by atoms with Crippen molar-refractivity contribution < 1.29 is 18.7 Å². The molecular formula is C17H19NO4. The molecule has 2 rings (SSSR count). The van der Waals surface area contributed by atoms with Gasteiger partial charge in [-0.15, -0.1) is 0 Å². The fraction of sp³-hybridized carbons (Fsp3) is 0.235. The molecule has 1 N–H and O–H groups in total. The second-order valence-electron chi connectivity index (χ2n) is 4.59. The van der Waals surface area contributed by atoms with E-state index in [0.717, 1.165) is 11.3 Å². The van der Waals surface area contributed by atoms with Crippen LogP contribution in [0.1, 0.15) is 17.4 Å². The molecule has 1 atom stereocenters. The molecule has 1 aromatic carbocycles. The summed E-state index contributed by atoms with van der Waals surface area (Å²) in [6.45, 7) is 0.366. The van der Waals surface area contributed by atoms with Crippen LogP contribution in [0.4, 0.5) is 0 Å². The molecule has 0 aliphatic carbocycles. The SMILES string of the molecule is COc1cccc([C@@H](CNC(=O)/C=C/c2ccco2)OC)c1. The van der Waals surface area contributed by atoms with E-state index in [9.17, 15) is 4.79 Å². The third-order valence-electron chi connectivity index (χ3n) is 3.15. The minimum atomic E-state index is -0.240. The highest BCUT2D eigenvalue weighted by Crippen LogP contribution is 2.20. The molecule has 1 heterocycles. The van der Waals surface area contributed by atoms with Crippen molar-refractivity contribution in [3.05, 3.63) is 60.1 Å². The summed E-state index contributed by atoms with van der Waals surface area (Å²) < 4.78 is 15.7. The monoisotopic (exact) mass is 301 g/mol. The fourth-order valence-electron chi connectivity index (χ4n) is 1.98. The van der Waals surface area contributed by atoms with Gasteiger partial charge in [-0.3, -0.25) is 4.79 Å². The second-order valence-corrected chi connectivity index (χ2v) is 4.59. The number of benzene rings is 1.